The molecule has 0 unspecified atom stereocenters. The third-order valence-corrected chi connectivity index (χ3v) is 5.25. The lowest BCUT2D eigenvalue weighted by Crippen LogP contribution is -2.39. The van der Waals surface area contributed by atoms with Gasteiger partial charge in [-0.2, -0.15) is 0 Å². The van der Waals surface area contributed by atoms with Crippen LogP contribution in [0.4, 0.5) is 0 Å². The third-order valence-electron chi connectivity index (χ3n) is 4.97. The predicted molar refractivity (Wildman–Crippen MR) is 113 cm³/mol. The number of primary amides is 1. The zero-order valence-electron chi connectivity index (χ0n) is 16.8. The van der Waals surface area contributed by atoms with E-state index in [-0.39, 0.29) is 29.0 Å². The first-order chi connectivity index (χ1) is 14.5. The van der Waals surface area contributed by atoms with Crippen molar-refractivity contribution in [3.8, 4) is 17.2 Å². The largest absolute Gasteiger partial charge is 0.493 e. The van der Waals surface area contributed by atoms with Crippen molar-refractivity contribution in [2.75, 3.05) is 33.4 Å². The van der Waals surface area contributed by atoms with Gasteiger partial charge < -0.3 is 24.8 Å². The monoisotopic (exact) mass is 432 g/mol. The van der Waals surface area contributed by atoms with Crippen molar-refractivity contribution >= 4 is 23.4 Å². The van der Waals surface area contributed by atoms with Crippen LogP contribution in [0.25, 0.3) is 0 Å². The zero-order valence-corrected chi connectivity index (χ0v) is 17.6. The Bertz CT molecular complexity index is 883. The minimum atomic E-state index is -0.632. The highest BCUT2D eigenvalue weighted by Crippen LogP contribution is 2.37. The Labute approximate surface area is 180 Å². The lowest BCUT2D eigenvalue weighted by Gasteiger charge is -2.32. The van der Waals surface area contributed by atoms with Crippen molar-refractivity contribution in [2.24, 2.45) is 11.7 Å². The molecule has 1 aliphatic rings. The van der Waals surface area contributed by atoms with Crippen molar-refractivity contribution in [1.29, 1.82) is 0 Å². The van der Waals surface area contributed by atoms with Crippen LogP contribution < -0.4 is 19.9 Å². The van der Waals surface area contributed by atoms with E-state index < -0.39 is 5.91 Å². The normalized spacial score (nSPS) is 14.3. The van der Waals surface area contributed by atoms with E-state index in [1.54, 1.807) is 11.0 Å². The highest BCUT2D eigenvalue weighted by atomic mass is 35.5. The van der Waals surface area contributed by atoms with Gasteiger partial charge in [-0.3, -0.25) is 9.59 Å². The van der Waals surface area contributed by atoms with Crippen molar-refractivity contribution in [1.82, 2.24) is 4.90 Å². The number of carbonyl (C=O) groups excluding carboxylic acids is 2. The molecule has 0 aromatic heterocycles. The number of benzene rings is 2. The molecule has 8 heteroatoms. The summed E-state index contributed by atoms with van der Waals surface area (Å²) in [5, 5.41) is 0.185. The number of hydrogen-bond acceptors (Lipinski definition) is 5. The Morgan fingerprint density at radius 3 is 2.47 bits per heavy atom. The van der Waals surface area contributed by atoms with Crippen molar-refractivity contribution in [3.63, 3.8) is 0 Å². The number of hydrogen-bond donors (Lipinski definition) is 1. The lowest BCUT2D eigenvalue weighted by molar-refractivity contribution is -0.119. The standard InChI is InChI=1S/C22H25ClN2O5/c1-28-19-12-16(11-18(23)21(19)30-14-20(24)26)22(27)25-9-7-15(8-10-25)13-29-17-5-3-2-4-6-17/h2-6,11-12,15H,7-10,13-14H2,1H3,(H2,24,26). The summed E-state index contributed by atoms with van der Waals surface area (Å²) in [4.78, 5) is 25.7. The summed E-state index contributed by atoms with van der Waals surface area (Å²) in [5.41, 5.74) is 5.51. The molecule has 2 amide bonds. The molecule has 0 aliphatic carbocycles. The molecule has 3 rings (SSSR count). The average Bonchev–Trinajstić information content (AvgIpc) is 2.76. The number of nitrogens with two attached hydrogens (primary N) is 1. The molecule has 0 bridgehead atoms. The molecule has 2 N–H and O–H groups in total. The number of methoxy groups -OCH3 is 1. The summed E-state index contributed by atoms with van der Waals surface area (Å²) in [7, 11) is 1.44. The fourth-order valence-electron chi connectivity index (χ4n) is 3.34. The van der Waals surface area contributed by atoms with Gasteiger partial charge in [0, 0.05) is 18.7 Å². The van der Waals surface area contributed by atoms with E-state index in [1.165, 1.54) is 13.2 Å². The van der Waals surface area contributed by atoms with Crippen LogP contribution in [0.5, 0.6) is 17.2 Å². The number of para-hydroxylation sites is 1. The van der Waals surface area contributed by atoms with Gasteiger partial charge in [-0.1, -0.05) is 29.8 Å². The van der Waals surface area contributed by atoms with E-state index in [2.05, 4.69) is 0 Å². The van der Waals surface area contributed by atoms with Crippen LogP contribution in [-0.2, 0) is 4.79 Å². The molecule has 2 aromatic rings. The molecule has 7 nitrogen and oxygen atoms in total. The lowest BCUT2D eigenvalue weighted by atomic mass is 9.97. The van der Waals surface area contributed by atoms with E-state index in [4.69, 9.17) is 31.5 Å². The Morgan fingerprint density at radius 2 is 1.83 bits per heavy atom. The van der Waals surface area contributed by atoms with Gasteiger partial charge in [0.15, 0.2) is 18.1 Å². The first-order valence-corrected chi connectivity index (χ1v) is 10.1. The zero-order chi connectivity index (χ0) is 21.5. The van der Waals surface area contributed by atoms with E-state index in [1.807, 2.05) is 30.3 Å². The molecule has 1 fully saturated rings. The molecule has 160 valence electrons. The molecule has 1 heterocycles. The van der Waals surface area contributed by atoms with Crippen LogP contribution >= 0.6 is 11.6 Å². The van der Waals surface area contributed by atoms with Gasteiger partial charge in [0.2, 0.25) is 0 Å². The number of rotatable bonds is 8. The van der Waals surface area contributed by atoms with Gasteiger partial charge in [0.05, 0.1) is 18.7 Å². The van der Waals surface area contributed by atoms with Crippen LogP contribution in [0.3, 0.4) is 0 Å². The summed E-state index contributed by atoms with van der Waals surface area (Å²) in [6.45, 7) is 1.59. The van der Waals surface area contributed by atoms with Crippen molar-refractivity contribution in [2.45, 2.75) is 12.8 Å². The number of piperidine rings is 1. The molecule has 0 spiro atoms. The van der Waals surface area contributed by atoms with Gasteiger partial charge >= 0.3 is 0 Å². The summed E-state index contributed by atoms with van der Waals surface area (Å²) < 4.78 is 16.4. The predicted octanol–water partition coefficient (Wildman–Crippen LogP) is 3.14. The Kier molecular flexibility index (Phi) is 7.41. The van der Waals surface area contributed by atoms with E-state index >= 15 is 0 Å². The van der Waals surface area contributed by atoms with Crippen LogP contribution in [0.1, 0.15) is 23.2 Å². The number of likely N-dealkylation sites (tertiary alicyclic amines) is 1. The summed E-state index contributed by atoms with van der Waals surface area (Å²) >= 11 is 6.26. The van der Waals surface area contributed by atoms with Crippen LogP contribution in [0.15, 0.2) is 42.5 Å². The first kappa shape index (κ1) is 21.8. The van der Waals surface area contributed by atoms with E-state index in [9.17, 15) is 9.59 Å². The van der Waals surface area contributed by atoms with Gasteiger partial charge in [-0.25, -0.2) is 0 Å². The number of nitrogens with zero attached hydrogens (tertiary/aromatic N) is 1. The fourth-order valence-corrected chi connectivity index (χ4v) is 3.61. The van der Waals surface area contributed by atoms with Crippen molar-refractivity contribution in [3.05, 3.63) is 53.1 Å². The maximum atomic E-state index is 12.9. The molecule has 2 aromatic carbocycles. The molecule has 30 heavy (non-hydrogen) atoms. The smallest absolute Gasteiger partial charge is 0.255 e. The summed E-state index contributed by atoms with van der Waals surface area (Å²) in [6, 6.07) is 12.8. The van der Waals surface area contributed by atoms with Crippen LogP contribution in [0, 0.1) is 5.92 Å². The molecular formula is C22H25ClN2O5. The van der Waals surface area contributed by atoms with Gasteiger partial charge in [0.1, 0.15) is 5.75 Å². The molecule has 0 saturated carbocycles. The number of carbonyl (C=O) groups is 2. The third kappa shape index (κ3) is 5.57. The minimum Gasteiger partial charge on any atom is -0.493 e. The van der Waals surface area contributed by atoms with Gasteiger partial charge in [0.25, 0.3) is 11.8 Å². The number of amides is 2. The second-order valence-corrected chi connectivity index (χ2v) is 7.51. The van der Waals surface area contributed by atoms with Gasteiger partial charge in [-0.05, 0) is 43.0 Å². The molecule has 0 radical (unpaired) electrons. The highest BCUT2D eigenvalue weighted by Gasteiger charge is 2.26. The molecule has 1 saturated heterocycles. The number of halogens is 1. The highest BCUT2D eigenvalue weighted by molar-refractivity contribution is 6.32. The molecule has 0 atom stereocenters. The SMILES string of the molecule is COc1cc(C(=O)N2CCC(COc3ccccc3)CC2)cc(Cl)c1OCC(N)=O. The molecular weight excluding hydrogens is 408 g/mol. The maximum Gasteiger partial charge on any atom is 0.255 e. The fraction of sp³-hybridized carbons (Fsp3) is 0.364. The second kappa shape index (κ2) is 10.2. The van der Waals surface area contributed by atoms with Crippen LogP contribution in [0.2, 0.25) is 5.02 Å². The van der Waals surface area contributed by atoms with Gasteiger partial charge in [-0.15, -0.1) is 0 Å². The maximum absolute atomic E-state index is 12.9. The summed E-state index contributed by atoms with van der Waals surface area (Å²) in [5.74, 6) is 0.962. The van der Waals surface area contributed by atoms with E-state index in [0.717, 1.165) is 18.6 Å². The Morgan fingerprint density at radius 1 is 1.13 bits per heavy atom. The Hall–Kier alpha value is -2.93. The average molecular weight is 433 g/mol. The van der Waals surface area contributed by atoms with E-state index in [0.29, 0.717) is 31.2 Å². The van der Waals surface area contributed by atoms with Crippen LogP contribution in [-0.4, -0.2) is 50.1 Å². The quantitative estimate of drug-likeness (QED) is 0.691. The second-order valence-electron chi connectivity index (χ2n) is 7.10. The van der Waals surface area contributed by atoms with Crippen molar-refractivity contribution < 1.29 is 23.8 Å². The molecule has 1 aliphatic heterocycles. The summed E-state index contributed by atoms with van der Waals surface area (Å²) in [6.07, 6.45) is 1.73. The number of ether oxygens (including phenoxy) is 3. The Balaban J connectivity index is 1.59. The first-order valence-electron chi connectivity index (χ1n) is 9.73. The minimum absolute atomic E-state index is 0.126. The topological polar surface area (TPSA) is 91.1 Å².